The van der Waals surface area contributed by atoms with Gasteiger partial charge in [0.05, 0.1) is 6.04 Å². The molecular weight excluding hydrogens is 654 g/mol. The van der Waals surface area contributed by atoms with Crippen molar-refractivity contribution in [3.8, 4) is 0 Å². The molecule has 1 aromatic carbocycles. The number of Topliss-reactive ketones (excluding diaryl/α,β-unsaturated/α-hetero) is 2. The van der Waals surface area contributed by atoms with Crippen molar-refractivity contribution in [3.05, 3.63) is 36.0 Å². The van der Waals surface area contributed by atoms with Gasteiger partial charge in [0.25, 0.3) is 0 Å². The molecule has 2 rings (SSSR count). The van der Waals surface area contributed by atoms with Crippen LogP contribution in [-0.2, 0) is 35.2 Å². The lowest BCUT2D eigenvalue weighted by atomic mass is 9.90. The molecule has 0 bridgehead atoms. The molecule has 0 aliphatic carbocycles. The Morgan fingerprint density at radius 1 is 0.804 bits per heavy atom. The first-order valence-electron chi connectivity index (χ1n) is 18.6. The number of carboxylic acid groups (broad SMARTS) is 2. The van der Waals surface area contributed by atoms with E-state index in [9.17, 15) is 33.9 Å². The van der Waals surface area contributed by atoms with Crippen LogP contribution < -0.4 is 21.7 Å². The molecule has 0 aliphatic heterocycles. The second-order valence-electron chi connectivity index (χ2n) is 13.4. The summed E-state index contributed by atoms with van der Waals surface area (Å²) in [6.07, 6.45) is 12.1. The predicted molar refractivity (Wildman–Crippen MR) is 196 cm³/mol. The van der Waals surface area contributed by atoms with E-state index in [1.54, 1.807) is 6.20 Å². The van der Waals surface area contributed by atoms with Crippen LogP contribution in [0, 0.1) is 5.92 Å². The fourth-order valence-electron chi connectivity index (χ4n) is 5.98. The van der Waals surface area contributed by atoms with E-state index in [4.69, 9.17) is 10.8 Å². The van der Waals surface area contributed by atoms with Crippen molar-refractivity contribution >= 4 is 46.2 Å². The number of unbranched alkanes of at least 4 members (excludes halogenated alkanes) is 6. The van der Waals surface area contributed by atoms with Crippen LogP contribution in [0.5, 0.6) is 0 Å². The second-order valence-corrected chi connectivity index (χ2v) is 13.4. The van der Waals surface area contributed by atoms with Crippen molar-refractivity contribution in [2.24, 2.45) is 11.7 Å². The van der Waals surface area contributed by atoms with Crippen LogP contribution >= 0.6 is 0 Å². The van der Waals surface area contributed by atoms with E-state index in [0.29, 0.717) is 32.4 Å². The van der Waals surface area contributed by atoms with Crippen LogP contribution in [0.1, 0.15) is 115 Å². The van der Waals surface area contributed by atoms with Crippen molar-refractivity contribution in [2.75, 3.05) is 19.6 Å². The van der Waals surface area contributed by atoms with Gasteiger partial charge in [0.2, 0.25) is 11.8 Å². The minimum Gasteiger partial charge on any atom is -0.481 e. The molecular formula is C38H59N5O8. The Morgan fingerprint density at radius 3 is 2.24 bits per heavy atom. The number of carbonyl (C=O) groups excluding carboxylic acids is 4. The number of rotatable bonds is 30. The molecule has 0 unspecified atom stereocenters. The molecule has 0 saturated carbocycles. The molecule has 284 valence electrons. The first kappa shape index (κ1) is 43.1. The highest BCUT2D eigenvalue weighted by Crippen LogP contribution is 2.23. The SMILES string of the molecule is CCCCCCCCCC(=O)CCCNCC[C@H](N)C(=O)C[C@H](Cc1c[nH]c2ccccc12)C(=O)NCC[C@@H](NC(=O)CCCC(=O)O)C(=O)O. The van der Waals surface area contributed by atoms with Crippen LogP contribution in [0.3, 0.4) is 0 Å². The predicted octanol–water partition coefficient (Wildman–Crippen LogP) is 4.41. The summed E-state index contributed by atoms with van der Waals surface area (Å²) in [5.41, 5.74) is 8.00. The van der Waals surface area contributed by atoms with Crippen LogP contribution in [0.4, 0.5) is 0 Å². The van der Waals surface area contributed by atoms with E-state index in [1.165, 1.54) is 32.1 Å². The number of carbonyl (C=O) groups is 6. The van der Waals surface area contributed by atoms with Crippen LogP contribution in [0.2, 0.25) is 0 Å². The van der Waals surface area contributed by atoms with Crippen LogP contribution in [0.25, 0.3) is 10.9 Å². The summed E-state index contributed by atoms with van der Waals surface area (Å²) in [5.74, 6) is -4.10. The number of H-pyrrole nitrogens is 1. The maximum atomic E-state index is 13.4. The molecule has 0 radical (unpaired) electrons. The number of aliphatic carboxylic acids is 2. The van der Waals surface area contributed by atoms with Gasteiger partial charge in [-0.15, -0.1) is 0 Å². The quantitative estimate of drug-likeness (QED) is 0.0565. The highest BCUT2D eigenvalue weighted by atomic mass is 16.4. The number of para-hydroxylation sites is 1. The Balaban J connectivity index is 1.84. The molecule has 0 saturated heterocycles. The van der Waals surface area contributed by atoms with E-state index >= 15 is 0 Å². The number of ketones is 2. The summed E-state index contributed by atoms with van der Waals surface area (Å²) in [5, 5.41) is 27.6. The third-order valence-corrected chi connectivity index (χ3v) is 9.03. The highest BCUT2D eigenvalue weighted by Gasteiger charge is 2.27. The number of nitrogens with one attached hydrogen (secondary N) is 4. The molecule has 3 atom stereocenters. The summed E-state index contributed by atoms with van der Waals surface area (Å²) in [4.78, 5) is 76.6. The minimum absolute atomic E-state index is 0.0682. The van der Waals surface area contributed by atoms with Crippen molar-refractivity contribution in [1.82, 2.24) is 20.9 Å². The number of aromatic nitrogens is 1. The fourth-order valence-corrected chi connectivity index (χ4v) is 5.98. The Hall–Kier alpha value is -4.10. The standard InChI is InChI=1S/C38H59N5O8/c1-2-3-4-5-6-7-8-13-29(44)14-12-21-40-22-19-31(39)34(45)25-27(24-28-26-42-32-16-10-9-15-30(28)32)37(49)41-23-20-33(38(50)51)43-35(46)17-11-18-36(47)48/h9-10,15-16,26-27,31,33,40,42H,2-8,11-14,17-25,39H2,1H3,(H,41,49)(H,43,46)(H,47,48)(H,50,51)/t27-,31-,33+/m0/s1. The summed E-state index contributed by atoms with van der Waals surface area (Å²) in [6.45, 7) is 3.28. The molecule has 0 fully saturated rings. The van der Waals surface area contributed by atoms with Crippen LogP contribution in [0.15, 0.2) is 30.5 Å². The number of nitrogens with two attached hydrogens (primary N) is 1. The number of hydrogen-bond donors (Lipinski definition) is 7. The number of benzene rings is 1. The maximum Gasteiger partial charge on any atom is 0.326 e. The number of amides is 2. The smallest absolute Gasteiger partial charge is 0.326 e. The van der Waals surface area contributed by atoms with Gasteiger partial charge in [-0.2, -0.15) is 0 Å². The van der Waals surface area contributed by atoms with E-state index in [2.05, 4.69) is 27.9 Å². The third kappa shape index (κ3) is 18.1. The van der Waals surface area contributed by atoms with Crippen molar-refractivity contribution in [3.63, 3.8) is 0 Å². The lowest BCUT2D eigenvalue weighted by Gasteiger charge is -2.20. The molecule has 0 aliphatic rings. The summed E-state index contributed by atoms with van der Waals surface area (Å²) in [7, 11) is 0. The highest BCUT2D eigenvalue weighted by molar-refractivity contribution is 5.91. The van der Waals surface area contributed by atoms with Crippen molar-refractivity contribution < 1.29 is 39.0 Å². The van der Waals surface area contributed by atoms with Gasteiger partial charge in [0.15, 0.2) is 0 Å². The van der Waals surface area contributed by atoms with E-state index in [1.807, 2.05) is 24.3 Å². The van der Waals surface area contributed by atoms with Gasteiger partial charge >= 0.3 is 11.9 Å². The zero-order chi connectivity index (χ0) is 37.4. The number of aromatic amines is 1. The maximum absolute atomic E-state index is 13.4. The van der Waals surface area contributed by atoms with Crippen molar-refractivity contribution in [1.29, 1.82) is 0 Å². The average molecular weight is 714 g/mol. The van der Waals surface area contributed by atoms with Crippen LogP contribution in [-0.4, -0.2) is 82.2 Å². The van der Waals surface area contributed by atoms with Gasteiger partial charge in [0, 0.05) is 61.7 Å². The Morgan fingerprint density at radius 2 is 1.51 bits per heavy atom. The first-order valence-corrected chi connectivity index (χ1v) is 18.6. The van der Waals surface area contributed by atoms with Gasteiger partial charge in [-0.25, -0.2) is 4.79 Å². The second kappa shape index (κ2) is 25.0. The Labute approximate surface area is 301 Å². The van der Waals surface area contributed by atoms with E-state index < -0.39 is 41.8 Å². The Kier molecular flexibility index (Phi) is 21.1. The fraction of sp³-hybridized carbons (Fsp3) is 0.632. The Bertz CT molecular complexity index is 1390. The molecule has 13 heteroatoms. The van der Waals surface area contributed by atoms with Gasteiger partial charge in [0.1, 0.15) is 17.6 Å². The molecule has 0 spiro atoms. The molecule has 51 heavy (non-hydrogen) atoms. The first-order chi connectivity index (χ1) is 24.5. The average Bonchev–Trinajstić information content (AvgIpc) is 3.50. The molecule has 2 amide bonds. The lowest BCUT2D eigenvalue weighted by Crippen LogP contribution is -2.44. The molecule has 1 aromatic heterocycles. The lowest BCUT2D eigenvalue weighted by molar-refractivity contribution is -0.142. The zero-order valence-electron chi connectivity index (χ0n) is 30.2. The summed E-state index contributed by atoms with van der Waals surface area (Å²) >= 11 is 0. The van der Waals surface area contributed by atoms with E-state index in [0.717, 1.165) is 35.7 Å². The number of hydrogen-bond acceptors (Lipinski definition) is 8. The van der Waals surface area contributed by atoms with Gasteiger partial charge < -0.3 is 36.9 Å². The largest absolute Gasteiger partial charge is 0.481 e. The van der Waals surface area contributed by atoms with Gasteiger partial charge in [-0.05, 0) is 63.2 Å². The van der Waals surface area contributed by atoms with Gasteiger partial charge in [-0.1, -0.05) is 63.6 Å². The molecule has 8 N–H and O–H groups in total. The molecule has 13 nitrogen and oxygen atoms in total. The van der Waals surface area contributed by atoms with E-state index in [-0.39, 0.29) is 56.6 Å². The summed E-state index contributed by atoms with van der Waals surface area (Å²) in [6, 6.07) is 5.55. The third-order valence-electron chi connectivity index (χ3n) is 9.03. The number of carboxylic acids is 2. The number of fused-ring (bicyclic) bond motifs is 1. The minimum atomic E-state index is -1.28. The topological polar surface area (TPSA) is 221 Å². The summed E-state index contributed by atoms with van der Waals surface area (Å²) < 4.78 is 0. The van der Waals surface area contributed by atoms with Gasteiger partial charge in [-0.3, -0.25) is 24.0 Å². The normalized spacial score (nSPS) is 13.0. The molecule has 1 heterocycles. The zero-order valence-corrected chi connectivity index (χ0v) is 30.2. The monoisotopic (exact) mass is 713 g/mol. The molecule has 2 aromatic rings. The van der Waals surface area contributed by atoms with Crippen molar-refractivity contribution in [2.45, 2.75) is 128 Å².